The number of esters is 1. The molecule has 1 unspecified atom stereocenters. The van der Waals surface area contributed by atoms with E-state index in [4.69, 9.17) is 14.0 Å². The molecule has 47 heavy (non-hydrogen) atoms. The van der Waals surface area contributed by atoms with Crippen molar-refractivity contribution < 1.29 is 37.9 Å². The lowest BCUT2D eigenvalue weighted by molar-refractivity contribution is -0.384. The molecule has 258 valence electrons. The van der Waals surface area contributed by atoms with E-state index in [1.807, 2.05) is 49.9 Å². The third kappa shape index (κ3) is 13.3. The molecule has 1 atom stereocenters. The molecule has 1 heterocycles. The zero-order chi connectivity index (χ0) is 34.1. The van der Waals surface area contributed by atoms with Crippen LogP contribution in [0.5, 0.6) is 5.75 Å². The van der Waals surface area contributed by atoms with Crippen LogP contribution in [0.4, 0.5) is 5.69 Å². The van der Waals surface area contributed by atoms with Crippen LogP contribution in [-0.2, 0) is 41.0 Å². The molecule has 0 radical (unpaired) electrons. The average Bonchev–Trinajstić information content (AvgIpc) is 3.05. The van der Waals surface area contributed by atoms with Gasteiger partial charge in [-0.05, 0) is 18.6 Å². The predicted octanol–water partition coefficient (Wildman–Crippen LogP) is 2.74. The van der Waals surface area contributed by atoms with Crippen molar-refractivity contribution in [2.24, 2.45) is 0 Å². The minimum absolute atomic E-state index is 0.0286. The summed E-state index contributed by atoms with van der Waals surface area (Å²) in [6.45, 7) is 6.37. The van der Waals surface area contributed by atoms with E-state index in [0.717, 1.165) is 18.1 Å². The van der Waals surface area contributed by atoms with Gasteiger partial charge in [0.25, 0.3) is 5.69 Å². The molecule has 0 aliphatic carbocycles. The van der Waals surface area contributed by atoms with E-state index in [2.05, 4.69) is 0 Å². The summed E-state index contributed by atoms with van der Waals surface area (Å²) in [6.07, 6.45) is 1.65. The maximum absolute atomic E-state index is 14.4. The number of rotatable bonds is 16. The van der Waals surface area contributed by atoms with Gasteiger partial charge in [0, 0.05) is 70.1 Å². The molecule has 2 aromatic carbocycles. The van der Waals surface area contributed by atoms with E-state index in [9.17, 15) is 29.1 Å². The fourth-order valence-electron chi connectivity index (χ4n) is 5.36. The lowest BCUT2D eigenvalue weighted by Gasteiger charge is -2.34. The molecule has 1 saturated heterocycles. The highest BCUT2D eigenvalue weighted by Gasteiger charge is 2.30. The molecule has 15 heteroatoms. The number of ether oxygens (including phenoxy) is 2. The number of hydrogen-bond donors (Lipinski definition) is 0. The topological polar surface area (TPSA) is 152 Å². The summed E-state index contributed by atoms with van der Waals surface area (Å²) in [5.41, 5.74) is 1.15. The first-order valence-corrected chi connectivity index (χ1v) is 17.7. The standard InChI is InChI=1S/C32H46N5O9P/c1-3-46-47(43,26-29-23-30(37(41)42)9-10-31(29)44-2)27-36-17-14-34(20-22-39)12-11-33(19-21-38)13-15-35(16-18-36)24-32(40)45-25-28-7-5-4-6-8-28/h4-10,21-23H,3,11-20,24-27H2,1-2H3. The number of aldehydes is 2. The first-order chi connectivity index (χ1) is 22.7. The van der Waals surface area contributed by atoms with Gasteiger partial charge in [-0.25, -0.2) is 0 Å². The SMILES string of the molecule is CCOP(=O)(Cc1cc([N+](=O)[O-])ccc1OC)CN1CCN(CC=O)CCN(CC=O)CCN(CC(=O)OCc2ccccc2)CC1. The molecule has 0 spiro atoms. The van der Waals surface area contributed by atoms with E-state index in [1.165, 1.54) is 25.3 Å². The Balaban J connectivity index is 1.82. The highest BCUT2D eigenvalue weighted by Crippen LogP contribution is 2.52. The molecule has 1 aliphatic heterocycles. The third-order valence-electron chi connectivity index (χ3n) is 7.86. The minimum atomic E-state index is -3.45. The van der Waals surface area contributed by atoms with Crippen LogP contribution in [0.15, 0.2) is 48.5 Å². The van der Waals surface area contributed by atoms with Gasteiger partial charge in [-0.2, -0.15) is 0 Å². The van der Waals surface area contributed by atoms with Crippen molar-refractivity contribution in [2.75, 3.05) is 92.0 Å². The van der Waals surface area contributed by atoms with Crippen LogP contribution in [0.2, 0.25) is 0 Å². The van der Waals surface area contributed by atoms with Crippen molar-refractivity contribution >= 4 is 31.6 Å². The van der Waals surface area contributed by atoms with E-state index in [0.29, 0.717) is 63.7 Å². The van der Waals surface area contributed by atoms with E-state index in [1.54, 1.807) is 6.92 Å². The minimum Gasteiger partial charge on any atom is -0.496 e. The monoisotopic (exact) mass is 675 g/mol. The van der Waals surface area contributed by atoms with Crippen molar-refractivity contribution in [2.45, 2.75) is 19.7 Å². The van der Waals surface area contributed by atoms with Crippen molar-refractivity contribution in [1.82, 2.24) is 19.6 Å². The van der Waals surface area contributed by atoms with Crippen LogP contribution < -0.4 is 4.74 Å². The van der Waals surface area contributed by atoms with Gasteiger partial charge in [-0.1, -0.05) is 30.3 Å². The number of methoxy groups -OCH3 is 1. The third-order valence-corrected chi connectivity index (χ3v) is 10.2. The summed E-state index contributed by atoms with van der Waals surface area (Å²) in [5, 5.41) is 11.5. The first-order valence-electron chi connectivity index (χ1n) is 15.7. The fourth-order valence-corrected chi connectivity index (χ4v) is 7.76. The zero-order valence-electron chi connectivity index (χ0n) is 27.2. The summed E-state index contributed by atoms with van der Waals surface area (Å²) >= 11 is 0. The average molecular weight is 676 g/mol. The van der Waals surface area contributed by atoms with Gasteiger partial charge in [-0.3, -0.25) is 39.1 Å². The van der Waals surface area contributed by atoms with Gasteiger partial charge in [0.2, 0.25) is 7.37 Å². The van der Waals surface area contributed by atoms with Crippen LogP contribution in [0.3, 0.4) is 0 Å². The van der Waals surface area contributed by atoms with Crippen LogP contribution >= 0.6 is 7.37 Å². The van der Waals surface area contributed by atoms with Gasteiger partial charge >= 0.3 is 5.97 Å². The molecular weight excluding hydrogens is 629 g/mol. The summed E-state index contributed by atoms with van der Waals surface area (Å²) in [7, 11) is -2.00. The Labute approximate surface area is 276 Å². The highest BCUT2D eigenvalue weighted by atomic mass is 31.2. The number of carbonyl (C=O) groups excluding carboxylic acids is 3. The van der Waals surface area contributed by atoms with Crippen LogP contribution in [0, 0.1) is 10.1 Å². The smallest absolute Gasteiger partial charge is 0.320 e. The number of nitro groups is 1. The lowest BCUT2D eigenvalue weighted by Crippen LogP contribution is -2.47. The molecule has 0 N–H and O–H groups in total. The highest BCUT2D eigenvalue weighted by molar-refractivity contribution is 7.58. The Kier molecular flexibility index (Phi) is 16.1. The summed E-state index contributed by atoms with van der Waals surface area (Å²) in [4.78, 5) is 54.7. The van der Waals surface area contributed by atoms with Gasteiger partial charge < -0.3 is 23.6 Å². The van der Waals surface area contributed by atoms with Gasteiger partial charge in [0.05, 0.1) is 50.7 Å². The Morgan fingerprint density at radius 3 is 2.00 bits per heavy atom. The van der Waals surface area contributed by atoms with Crippen molar-refractivity contribution in [3.63, 3.8) is 0 Å². The zero-order valence-corrected chi connectivity index (χ0v) is 28.1. The lowest BCUT2D eigenvalue weighted by atomic mass is 10.2. The second-order valence-corrected chi connectivity index (χ2v) is 13.7. The molecule has 14 nitrogen and oxygen atoms in total. The van der Waals surface area contributed by atoms with Crippen molar-refractivity contribution in [3.05, 3.63) is 69.8 Å². The summed E-state index contributed by atoms with van der Waals surface area (Å²) < 4.78 is 31.2. The molecule has 0 amide bonds. The Hall–Kier alpha value is -3.52. The second-order valence-electron chi connectivity index (χ2n) is 11.3. The Morgan fingerprint density at radius 2 is 1.47 bits per heavy atom. The van der Waals surface area contributed by atoms with E-state index in [-0.39, 0.29) is 57.0 Å². The van der Waals surface area contributed by atoms with Gasteiger partial charge in [0.15, 0.2) is 0 Å². The molecule has 2 aromatic rings. The normalized spacial score (nSPS) is 17.5. The largest absolute Gasteiger partial charge is 0.496 e. The number of nitro benzene ring substituents is 1. The number of hydrogen-bond acceptors (Lipinski definition) is 13. The molecular formula is C32H46N5O9P. The maximum Gasteiger partial charge on any atom is 0.320 e. The van der Waals surface area contributed by atoms with Gasteiger partial charge in [-0.15, -0.1) is 0 Å². The molecule has 3 rings (SSSR count). The number of non-ortho nitro benzene ring substituents is 1. The van der Waals surface area contributed by atoms with Crippen molar-refractivity contribution in [1.29, 1.82) is 0 Å². The molecule has 1 aliphatic rings. The first kappa shape index (κ1) is 37.9. The number of carbonyl (C=O) groups is 3. The second kappa shape index (κ2) is 20.0. The molecule has 0 aromatic heterocycles. The Bertz CT molecular complexity index is 1350. The Morgan fingerprint density at radius 1 is 0.894 bits per heavy atom. The maximum atomic E-state index is 14.4. The van der Waals surface area contributed by atoms with Crippen LogP contribution in [0.25, 0.3) is 0 Å². The quantitative estimate of drug-likeness (QED) is 0.0844. The molecule has 0 bridgehead atoms. The van der Waals surface area contributed by atoms with Crippen molar-refractivity contribution in [3.8, 4) is 5.75 Å². The predicted molar refractivity (Wildman–Crippen MR) is 177 cm³/mol. The number of benzene rings is 2. The number of nitrogens with zero attached hydrogens (tertiary/aromatic N) is 5. The molecule has 0 saturated carbocycles. The van der Waals surface area contributed by atoms with Crippen LogP contribution in [-0.4, -0.2) is 135 Å². The molecule has 1 fully saturated rings. The van der Waals surface area contributed by atoms with Crippen LogP contribution in [0.1, 0.15) is 18.1 Å². The summed E-state index contributed by atoms with van der Waals surface area (Å²) in [5.74, 6) is -0.00852. The van der Waals surface area contributed by atoms with E-state index >= 15 is 0 Å². The van der Waals surface area contributed by atoms with Gasteiger partial charge in [0.1, 0.15) is 24.9 Å². The summed E-state index contributed by atoms with van der Waals surface area (Å²) in [6, 6.07) is 13.6. The fraction of sp³-hybridized carbons (Fsp3) is 0.531. The van der Waals surface area contributed by atoms with E-state index < -0.39 is 12.3 Å².